The molecule has 0 fully saturated rings. The third-order valence-corrected chi connectivity index (χ3v) is 2.83. The van der Waals surface area contributed by atoms with Crippen LogP contribution in [0.5, 0.6) is 0 Å². The normalized spacial score (nSPS) is 12.1. The van der Waals surface area contributed by atoms with Crippen LogP contribution in [0.1, 0.15) is 19.0 Å². The summed E-state index contributed by atoms with van der Waals surface area (Å²) >= 11 is 0. The lowest BCUT2D eigenvalue weighted by molar-refractivity contribution is -0.141. The maximum Gasteiger partial charge on any atom is 0.433 e. The van der Waals surface area contributed by atoms with Crippen LogP contribution in [0.2, 0.25) is 0 Å². The Bertz CT molecular complexity index is 510. The van der Waals surface area contributed by atoms with Crippen LogP contribution in [0.15, 0.2) is 17.3 Å². The van der Waals surface area contributed by atoms with Crippen LogP contribution in [0, 0.1) is 0 Å². The van der Waals surface area contributed by atoms with Gasteiger partial charge in [-0.05, 0) is 19.4 Å². The molecule has 3 N–H and O–H groups in total. The van der Waals surface area contributed by atoms with Gasteiger partial charge in [-0.2, -0.15) is 13.2 Å². The Hall–Kier alpha value is -2.10. The standard InChI is InChI=1S/C14H23F3N6O/c1-3-24-10-4-6-19-12(18-2)21-8-9-22-13-20-7-5-11(23-13)14(15,16)17/h5,7H,3-4,6,8-10H2,1-2H3,(H2,18,19,21)(H,20,22,23). The molecule has 7 nitrogen and oxygen atoms in total. The van der Waals surface area contributed by atoms with E-state index in [1.165, 1.54) is 0 Å². The highest BCUT2D eigenvalue weighted by atomic mass is 19.4. The largest absolute Gasteiger partial charge is 0.433 e. The first kappa shape index (κ1) is 19.9. The number of guanidine groups is 1. The molecule has 0 aliphatic carbocycles. The van der Waals surface area contributed by atoms with Crippen LogP contribution in [-0.4, -0.2) is 55.8 Å². The van der Waals surface area contributed by atoms with Gasteiger partial charge in [-0.25, -0.2) is 9.97 Å². The number of nitrogens with one attached hydrogen (secondary N) is 3. The molecule has 0 aliphatic rings. The van der Waals surface area contributed by atoms with Gasteiger partial charge in [-0.1, -0.05) is 0 Å². The zero-order valence-electron chi connectivity index (χ0n) is 13.8. The second-order valence-electron chi connectivity index (χ2n) is 4.67. The van der Waals surface area contributed by atoms with Crippen molar-refractivity contribution in [3.63, 3.8) is 0 Å². The third kappa shape index (κ3) is 7.95. The SMILES string of the molecule is CCOCCCNC(=NC)NCCNc1nccc(C(F)(F)F)n1. The molecule has 0 aliphatic heterocycles. The van der Waals surface area contributed by atoms with Gasteiger partial charge in [0.05, 0.1) is 0 Å². The summed E-state index contributed by atoms with van der Waals surface area (Å²) in [5, 5.41) is 8.87. The first-order valence-electron chi connectivity index (χ1n) is 7.63. The highest BCUT2D eigenvalue weighted by Crippen LogP contribution is 2.27. The summed E-state index contributed by atoms with van der Waals surface area (Å²) in [6.07, 6.45) is -2.56. The smallest absolute Gasteiger partial charge is 0.382 e. The minimum atomic E-state index is -4.48. The van der Waals surface area contributed by atoms with E-state index in [9.17, 15) is 13.2 Å². The molecular formula is C14H23F3N6O. The lowest BCUT2D eigenvalue weighted by Gasteiger charge is -2.12. The van der Waals surface area contributed by atoms with Crippen molar-refractivity contribution in [2.24, 2.45) is 4.99 Å². The van der Waals surface area contributed by atoms with Crippen LogP contribution < -0.4 is 16.0 Å². The molecule has 0 unspecified atom stereocenters. The molecule has 1 heterocycles. The molecule has 0 radical (unpaired) electrons. The monoisotopic (exact) mass is 348 g/mol. The lowest BCUT2D eigenvalue weighted by Crippen LogP contribution is -2.40. The number of nitrogens with zero attached hydrogens (tertiary/aromatic N) is 3. The van der Waals surface area contributed by atoms with Gasteiger partial charge in [0.2, 0.25) is 5.95 Å². The van der Waals surface area contributed by atoms with Crippen molar-refractivity contribution in [1.82, 2.24) is 20.6 Å². The minimum absolute atomic E-state index is 0.0636. The average Bonchev–Trinajstić information content (AvgIpc) is 2.56. The number of hydrogen-bond acceptors (Lipinski definition) is 5. The quantitative estimate of drug-likeness (QED) is 0.356. The summed E-state index contributed by atoms with van der Waals surface area (Å²) in [4.78, 5) is 11.2. The molecule has 0 bridgehead atoms. The zero-order chi connectivity index (χ0) is 17.8. The second kappa shape index (κ2) is 10.6. The predicted octanol–water partition coefficient (Wildman–Crippen LogP) is 1.50. The number of aliphatic imine (C=N–C) groups is 1. The van der Waals surface area contributed by atoms with Crippen molar-refractivity contribution in [3.05, 3.63) is 18.0 Å². The third-order valence-electron chi connectivity index (χ3n) is 2.83. The van der Waals surface area contributed by atoms with Crippen molar-refractivity contribution >= 4 is 11.9 Å². The summed E-state index contributed by atoms with van der Waals surface area (Å²) in [6.45, 7) is 4.82. The first-order valence-corrected chi connectivity index (χ1v) is 7.63. The summed E-state index contributed by atoms with van der Waals surface area (Å²) in [6, 6.07) is 0.831. The van der Waals surface area contributed by atoms with E-state index in [2.05, 4.69) is 30.9 Å². The predicted molar refractivity (Wildman–Crippen MR) is 86.0 cm³/mol. The fraction of sp³-hybridized carbons (Fsp3) is 0.643. The molecule has 0 saturated heterocycles. The van der Waals surface area contributed by atoms with Crippen molar-refractivity contribution in [2.75, 3.05) is 45.2 Å². The number of hydrogen-bond donors (Lipinski definition) is 3. The van der Waals surface area contributed by atoms with E-state index in [4.69, 9.17) is 4.74 Å². The van der Waals surface area contributed by atoms with Crippen LogP contribution >= 0.6 is 0 Å². The van der Waals surface area contributed by atoms with E-state index < -0.39 is 11.9 Å². The van der Waals surface area contributed by atoms with Crippen LogP contribution in [0.25, 0.3) is 0 Å². The van der Waals surface area contributed by atoms with Crippen LogP contribution in [0.4, 0.5) is 19.1 Å². The van der Waals surface area contributed by atoms with Gasteiger partial charge < -0.3 is 20.7 Å². The van der Waals surface area contributed by atoms with E-state index in [0.717, 1.165) is 18.7 Å². The Kier molecular flexibility index (Phi) is 8.84. The van der Waals surface area contributed by atoms with Crippen molar-refractivity contribution in [2.45, 2.75) is 19.5 Å². The number of alkyl halides is 3. The summed E-state index contributed by atoms with van der Waals surface area (Å²) in [7, 11) is 1.64. The van der Waals surface area contributed by atoms with Gasteiger partial charge in [0.25, 0.3) is 0 Å². The van der Waals surface area contributed by atoms with E-state index >= 15 is 0 Å². The summed E-state index contributed by atoms with van der Waals surface area (Å²) in [5.41, 5.74) is -0.972. The topological polar surface area (TPSA) is 83.5 Å². The Labute approximate surface area is 139 Å². The summed E-state index contributed by atoms with van der Waals surface area (Å²) in [5.74, 6) is 0.546. The minimum Gasteiger partial charge on any atom is -0.382 e. The van der Waals surface area contributed by atoms with E-state index in [0.29, 0.717) is 38.8 Å². The number of aromatic nitrogens is 2. The maximum absolute atomic E-state index is 12.5. The first-order chi connectivity index (χ1) is 11.5. The number of halogens is 3. The molecule has 0 spiro atoms. The number of anilines is 1. The molecule has 1 rings (SSSR count). The Morgan fingerprint density at radius 3 is 2.67 bits per heavy atom. The van der Waals surface area contributed by atoms with E-state index in [-0.39, 0.29) is 5.95 Å². The van der Waals surface area contributed by atoms with Crippen LogP contribution in [-0.2, 0) is 10.9 Å². The molecule has 10 heteroatoms. The molecule has 0 saturated carbocycles. The fourth-order valence-corrected chi connectivity index (χ4v) is 1.70. The zero-order valence-corrected chi connectivity index (χ0v) is 13.8. The second-order valence-corrected chi connectivity index (χ2v) is 4.67. The molecule has 0 atom stereocenters. The van der Waals surface area contributed by atoms with Gasteiger partial charge in [0.1, 0.15) is 5.69 Å². The maximum atomic E-state index is 12.5. The molecule has 136 valence electrons. The van der Waals surface area contributed by atoms with E-state index in [1.807, 2.05) is 6.92 Å². The number of rotatable bonds is 9. The van der Waals surface area contributed by atoms with Gasteiger partial charge in [-0.3, -0.25) is 4.99 Å². The lowest BCUT2D eigenvalue weighted by atomic mass is 10.4. The number of ether oxygens (including phenoxy) is 1. The van der Waals surface area contributed by atoms with Crippen LogP contribution in [0.3, 0.4) is 0 Å². The summed E-state index contributed by atoms with van der Waals surface area (Å²) < 4.78 is 42.8. The van der Waals surface area contributed by atoms with E-state index in [1.54, 1.807) is 7.05 Å². The van der Waals surface area contributed by atoms with Crippen molar-refractivity contribution < 1.29 is 17.9 Å². The molecule has 0 amide bonds. The molecule has 1 aromatic heterocycles. The molecule has 24 heavy (non-hydrogen) atoms. The molecular weight excluding hydrogens is 325 g/mol. The van der Waals surface area contributed by atoms with Gasteiger partial charge >= 0.3 is 6.18 Å². The Morgan fingerprint density at radius 1 is 1.25 bits per heavy atom. The van der Waals surface area contributed by atoms with Crippen molar-refractivity contribution in [3.8, 4) is 0 Å². The Morgan fingerprint density at radius 2 is 2.00 bits per heavy atom. The highest BCUT2D eigenvalue weighted by Gasteiger charge is 2.32. The Balaban J connectivity index is 2.27. The molecule has 1 aromatic rings. The highest BCUT2D eigenvalue weighted by molar-refractivity contribution is 5.79. The van der Waals surface area contributed by atoms with Gasteiger partial charge in [0.15, 0.2) is 5.96 Å². The fourth-order valence-electron chi connectivity index (χ4n) is 1.70. The van der Waals surface area contributed by atoms with Gasteiger partial charge in [0, 0.05) is 46.1 Å². The van der Waals surface area contributed by atoms with Gasteiger partial charge in [-0.15, -0.1) is 0 Å². The average molecular weight is 348 g/mol. The van der Waals surface area contributed by atoms with Crippen molar-refractivity contribution in [1.29, 1.82) is 0 Å². The molecule has 0 aromatic carbocycles.